The maximum Gasteiger partial charge on any atom is 0.182 e. The summed E-state index contributed by atoms with van der Waals surface area (Å²) in [5, 5.41) is -0.604. The van der Waals surface area contributed by atoms with Gasteiger partial charge in [0, 0.05) is 21.4 Å². The van der Waals surface area contributed by atoms with Crippen molar-refractivity contribution in [1.82, 2.24) is 4.57 Å². The molecule has 1 aromatic heterocycles. The van der Waals surface area contributed by atoms with Crippen LogP contribution in [-0.4, -0.2) is 15.7 Å². The molecule has 0 bridgehead atoms. The van der Waals surface area contributed by atoms with E-state index in [1.54, 1.807) is 36.6 Å². The molecule has 1 unspecified atom stereocenters. The van der Waals surface area contributed by atoms with Gasteiger partial charge < -0.3 is 4.57 Å². The molecule has 1 heterocycles. The number of nitrogens with zero attached hydrogens (tertiary/aromatic N) is 1. The number of aromatic nitrogens is 1. The van der Waals surface area contributed by atoms with E-state index >= 15 is 0 Å². The van der Waals surface area contributed by atoms with Crippen molar-refractivity contribution in [1.29, 1.82) is 0 Å². The number of carbonyl (C=O) groups excluding carboxylic acids is 1. The number of hydrogen-bond acceptors (Lipinski definition) is 1. The average Bonchev–Trinajstić information content (AvgIpc) is 2.65. The summed E-state index contributed by atoms with van der Waals surface area (Å²) in [4.78, 5) is 12.1. The molecular weight excluding hydrogens is 345 g/mol. The molecule has 2 nitrogen and oxygen atoms in total. The van der Waals surface area contributed by atoms with Gasteiger partial charge in [-0.2, -0.15) is 0 Å². The van der Waals surface area contributed by atoms with Gasteiger partial charge >= 0.3 is 0 Å². The van der Waals surface area contributed by atoms with E-state index in [0.29, 0.717) is 21.4 Å². The van der Waals surface area contributed by atoms with Crippen LogP contribution in [0.4, 0.5) is 4.39 Å². The lowest BCUT2D eigenvalue weighted by Gasteiger charge is -2.13. The van der Waals surface area contributed by atoms with Crippen molar-refractivity contribution >= 4 is 33.3 Å². The van der Waals surface area contributed by atoms with Crippen LogP contribution in [0, 0.1) is 19.7 Å². The summed E-state index contributed by atoms with van der Waals surface area (Å²) in [5.41, 5.74) is 2.41. The largest absolute Gasteiger partial charge is 0.314 e. The molecule has 0 radical (unpaired) electrons. The molecule has 106 valence electrons. The van der Waals surface area contributed by atoms with Crippen LogP contribution in [0.1, 0.15) is 28.7 Å². The number of alkyl halides is 1. The Labute approximate surface area is 130 Å². The van der Waals surface area contributed by atoms with Crippen LogP contribution in [0.2, 0.25) is 0 Å². The summed E-state index contributed by atoms with van der Waals surface area (Å²) in [6.45, 7) is 5.26. The maximum atomic E-state index is 14.1. The Hall–Kier alpha value is -1.13. The normalized spacial score (nSPS) is 12.5. The van der Waals surface area contributed by atoms with Crippen LogP contribution in [-0.2, 0) is 0 Å². The molecule has 0 aliphatic heterocycles. The number of rotatable bonds is 3. The Morgan fingerprint density at radius 1 is 1.40 bits per heavy atom. The zero-order valence-electron chi connectivity index (χ0n) is 11.4. The summed E-state index contributed by atoms with van der Waals surface area (Å²) in [6, 6.07) is 6.53. The third-order valence-corrected chi connectivity index (χ3v) is 4.06. The minimum absolute atomic E-state index is 0.154. The van der Waals surface area contributed by atoms with E-state index in [1.807, 2.05) is 6.92 Å². The summed E-state index contributed by atoms with van der Waals surface area (Å²) in [5.74, 6) is -0.502. The smallest absolute Gasteiger partial charge is 0.182 e. The monoisotopic (exact) mass is 357 g/mol. The Morgan fingerprint density at radius 2 is 2.05 bits per heavy atom. The van der Waals surface area contributed by atoms with Crippen LogP contribution in [0.25, 0.3) is 5.69 Å². The second-order valence-corrected chi connectivity index (χ2v) is 6.18. The van der Waals surface area contributed by atoms with E-state index in [0.717, 1.165) is 5.69 Å². The lowest BCUT2D eigenvalue weighted by Crippen LogP contribution is -2.12. The van der Waals surface area contributed by atoms with Crippen molar-refractivity contribution in [3.63, 3.8) is 0 Å². The van der Waals surface area contributed by atoms with Crippen LogP contribution in [0.3, 0.4) is 0 Å². The van der Waals surface area contributed by atoms with E-state index < -0.39 is 5.38 Å². The Balaban J connectivity index is 2.68. The topological polar surface area (TPSA) is 22.0 Å². The molecule has 0 aliphatic carbocycles. The summed E-state index contributed by atoms with van der Waals surface area (Å²) in [7, 11) is 0. The SMILES string of the molecule is Cc1cc(C(=O)C(C)Cl)c(C)n1-c1c(F)cccc1Br. The molecule has 1 aromatic carbocycles. The highest BCUT2D eigenvalue weighted by molar-refractivity contribution is 9.10. The van der Waals surface area contributed by atoms with Crippen LogP contribution in [0.15, 0.2) is 28.7 Å². The number of aryl methyl sites for hydroxylation is 1. The fourth-order valence-corrected chi connectivity index (χ4v) is 2.91. The van der Waals surface area contributed by atoms with Gasteiger partial charge in [0.25, 0.3) is 0 Å². The number of para-hydroxylation sites is 1. The first-order valence-corrected chi connectivity index (χ1v) is 7.39. The van der Waals surface area contributed by atoms with E-state index in [9.17, 15) is 9.18 Å². The van der Waals surface area contributed by atoms with Crippen LogP contribution in [0.5, 0.6) is 0 Å². The number of benzene rings is 1. The lowest BCUT2D eigenvalue weighted by molar-refractivity contribution is 0.0991. The van der Waals surface area contributed by atoms with Crippen molar-refractivity contribution in [3.8, 4) is 5.69 Å². The van der Waals surface area contributed by atoms with E-state index in [2.05, 4.69) is 15.9 Å². The molecule has 1 atom stereocenters. The first-order chi connectivity index (χ1) is 9.34. The molecule has 0 N–H and O–H groups in total. The molecular formula is C15H14BrClFNO. The van der Waals surface area contributed by atoms with Gasteiger partial charge in [0.2, 0.25) is 0 Å². The van der Waals surface area contributed by atoms with Gasteiger partial charge in [-0.05, 0) is 54.9 Å². The molecule has 0 saturated heterocycles. The summed E-state index contributed by atoms with van der Waals surface area (Å²) >= 11 is 9.22. The maximum absolute atomic E-state index is 14.1. The third-order valence-electron chi connectivity index (χ3n) is 3.22. The number of ketones is 1. The predicted molar refractivity (Wildman–Crippen MR) is 82.5 cm³/mol. The van der Waals surface area contributed by atoms with Crippen molar-refractivity contribution in [2.75, 3.05) is 0 Å². The standard InChI is InChI=1S/C15H14BrClFNO/c1-8-7-11(15(20)9(2)17)10(3)19(8)14-12(16)5-4-6-13(14)18/h4-7,9H,1-3H3. The van der Waals surface area contributed by atoms with Crippen LogP contribution >= 0.6 is 27.5 Å². The minimum Gasteiger partial charge on any atom is -0.314 e. The van der Waals surface area contributed by atoms with Gasteiger partial charge in [0.1, 0.15) is 5.82 Å². The highest BCUT2D eigenvalue weighted by atomic mass is 79.9. The van der Waals surface area contributed by atoms with Gasteiger partial charge in [0.05, 0.1) is 11.1 Å². The third kappa shape index (κ3) is 2.54. The summed E-state index contributed by atoms with van der Waals surface area (Å²) < 4.78 is 16.5. The number of carbonyl (C=O) groups is 1. The van der Waals surface area contributed by atoms with Gasteiger partial charge in [-0.15, -0.1) is 11.6 Å². The predicted octanol–water partition coefficient (Wildman–Crippen LogP) is 4.81. The zero-order chi connectivity index (χ0) is 15.0. The first-order valence-electron chi connectivity index (χ1n) is 6.16. The molecule has 20 heavy (non-hydrogen) atoms. The number of Topliss-reactive ketones (excluding diaryl/α,β-unsaturated/α-hetero) is 1. The molecule has 0 saturated carbocycles. The van der Waals surface area contributed by atoms with E-state index in [4.69, 9.17) is 11.6 Å². The second-order valence-electron chi connectivity index (χ2n) is 4.67. The van der Waals surface area contributed by atoms with E-state index in [1.165, 1.54) is 6.07 Å². The quantitative estimate of drug-likeness (QED) is 0.570. The fourth-order valence-electron chi connectivity index (χ4n) is 2.27. The van der Waals surface area contributed by atoms with Crippen molar-refractivity contribution in [2.24, 2.45) is 0 Å². The van der Waals surface area contributed by atoms with Gasteiger partial charge in [0.15, 0.2) is 5.78 Å². The Bertz CT molecular complexity index is 659. The molecule has 5 heteroatoms. The molecule has 0 aliphatic rings. The van der Waals surface area contributed by atoms with Gasteiger partial charge in [-0.3, -0.25) is 4.79 Å². The van der Waals surface area contributed by atoms with Gasteiger partial charge in [-0.25, -0.2) is 4.39 Å². The molecule has 0 spiro atoms. The Morgan fingerprint density at radius 3 is 2.60 bits per heavy atom. The fraction of sp³-hybridized carbons (Fsp3) is 0.267. The first kappa shape index (κ1) is 15.3. The number of halogens is 3. The van der Waals surface area contributed by atoms with Crippen molar-refractivity contribution in [2.45, 2.75) is 26.1 Å². The molecule has 0 fully saturated rings. The lowest BCUT2D eigenvalue weighted by atomic mass is 10.1. The van der Waals surface area contributed by atoms with Crippen LogP contribution < -0.4 is 0 Å². The Kier molecular flexibility index (Phi) is 4.35. The summed E-state index contributed by atoms with van der Waals surface area (Å²) in [6.07, 6.45) is 0. The highest BCUT2D eigenvalue weighted by Gasteiger charge is 2.22. The zero-order valence-corrected chi connectivity index (χ0v) is 13.7. The molecule has 2 rings (SSSR count). The van der Waals surface area contributed by atoms with Gasteiger partial charge in [-0.1, -0.05) is 6.07 Å². The number of hydrogen-bond donors (Lipinski definition) is 0. The van der Waals surface area contributed by atoms with Crippen molar-refractivity contribution in [3.05, 3.63) is 51.5 Å². The molecule has 0 amide bonds. The average molecular weight is 359 g/mol. The highest BCUT2D eigenvalue weighted by Crippen LogP contribution is 2.29. The minimum atomic E-state index is -0.604. The molecule has 2 aromatic rings. The van der Waals surface area contributed by atoms with E-state index in [-0.39, 0.29) is 11.6 Å². The van der Waals surface area contributed by atoms with Crippen molar-refractivity contribution < 1.29 is 9.18 Å². The second kappa shape index (κ2) is 5.70.